The molecule has 0 fully saturated rings. The van der Waals surface area contributed by atoms with Crippen LogP contribution in [0.5, 0.6) is 0 Å². The summed E-state index contributed by atoms with van der Waals surface area (Å²) in [4.78, 5) is 23.3. The maximum atomic E-state index is 12.2. The van der Waals surface area contributed by atoms with Crippen LogP contribution in [0, 0.1) is 0 Å². The minimum atomic E-state index is -0.265. The van der Waals surface area contributed by atoms with Gasteiger partial charge in [0.1, 0.15) is 11.5 Å². The zero-order valence-corrected chi connectivity index (χ0v) is 12.6. The third kappa shape index (κ3) is 3.00. The Labute approximate surface area is 128 Å². The van der Waals surface area contributed by atoms with Crippen LogP contribution in [0.15, 0.2) is 5.10 Å². The van der Waals surface area contributed by atoms with Crippen LogP contribution < -0.4 is 10.7 Å². The van der Waals surface area contributed by atoms with E-state index >= 15 is 0 Å². The van der Waals surface area contributed by atoms with Crippen LogP contribution in [0.4, 0.5) is 0 Å². The first-order valence-corrected chi connectivity index (χ1v) is 7.73. The van der Waals surface area contributed by atoms with Crippen LogP contribution in [0.25, 0.3) is 0 Å². The molecule has 2 aliphatic heterocycles. The van der Waals surface area contributed by atoms with Crippen LogP contribution in [-0.4, -0.2) is 32.3 Å². The minimum Gasteiger partial charge on any atom is -0.341 e. The lowest BCUT2D eigenvalue weighted by atomic mass is 10.1. The number of hydrogen-bond donors (Lipinski definition) is 2. The van der Waals surface area contributed by atoms with Crippen molar-refractivity contribution in [2.24, 2.45) is 5.10 Å². The van der Waals surface area contributed by atoms with Crippen molar-refractivity contribution in [2.45, 2.75) is 58.0 Å². The molecule has 0 spiro atoms. The van der Waals surface area contributed by atoms with Gasteiger partial charge in [0, 0.05) is 25.8 Å². The van der Waals surface area contributed by atoms with E-state index in [0.717, 1.165) is 37.5 Å². The number of nitrogens with one attached hydrogen (secondary N) is 2. The molecule has 1 aromatic heterocycles. The number of hydrazone groups is 1. The Kier molecular flexibility index (Phi) is 4.17. The molecule has 22 heavy (non-hydrogen) atoms. The number of amides is 2. The van der Waals surface area contributed by atoms with Crippen molar-refractivity contribution < 1.29 is 9.59 Å². The topological polar surface area (TPSA) is 101 Å². The van der Waals surface area contributed by atoms with Gasteiger partial charge in [0.05, 0.1) is 6.04 Å². The van der Waals surface area contributed by atoms with Crippen LogP contribution in [0.1, 0.15) is 56.7 Å². The van der Waals surface area contributed by atoms with E-state index in [1.807, 2.05) is 6.92 Å². The lowest BCUT2D eigenvalue weighted by Crippen LogP contribution is -2.38. The lowest BCUT2D eigenvalue weighted by Gasteiger charge is -2.17. The molecule has 0 aliphatic carbocycles. The highest BCUT2D eigenvalue weighted by Crippen LogP contribution is 2.18. The summed E-state index contributed by atoms with van der Waals surface area (Å²) in [6.45, 7) is 2.79. The number of rotatable bonds is 3. The van der Waals surface area contributed by atoms with Crippen LogP contribution in [0.3, 0.4) is 0 Å². The summed E-state index contributed by atoms with van der Waals surface area (Å²) < 4.78 is 2.11. The fourth-order valence-corrected chi connectivity index (χ4v) is 2.81. The number of nitrogens with zero attached hydrogens (tertiary/aromatic N) is 4. The van der Waals surface area contributed by atoms with E-state index in [2.05, 4.69) is 30.6 Å². The van der Waals surface area contributed by atoms with E-state index in [1.54, 1.807) is 0 Å². The summed E-state index contributed by atoms with van der Waals surface area (Å²) in [7, 11) is 0. The predicted octanol–water partition coefficient (Wildman–Crippen LogP) is 0.448. The van der Waals surface area contributed by atoms with Crippen molar-refractivity contribution in [2.75, 3.05) is 0 Å². The molecule has 2 N–H and O–H groups in total. The maximum absolute atomic E-state index is 12.2. The quantitative estimate of drug-likeness (QED) is 0.846. The Morgan fingerprint density at radius 3 is 2.86 bits per heavy atom. The van der Waals surface area contributed by atoms with Crippen LogP contribution >= 0.6 is 0 Å². The average Bonchev–Trinajstić information content (AvgIpc) is 2.77. The number of aryl methyl sites for hydroxylation is 1. The van der Waals surface area contributed by atoms with E-state index in [-0.39, 0.29) is 17.9 Å². The molecule has 2 aliphatic rings. The van der Waals surface area contributed by atoms with Gasteiger partial charge in [0.15, 0.2) is 5.82 Å². The zero-order valence-electron chi connectivity index (χ0n) is 12.6. The van der Waals surface area contributed by atoms with E-state index < -0.39 is 0 Å². The SMILES string of the molecule is CC(NC(=O)C1=NNC(=O)CC1)c1nnc2n1CCCCC2. The summed E-state index contributed by atoms with van der Waals surface area (Å²) >= 11 is 0. The van der Waals surface area contributed by atoms with Crippen molar-refractivity contribution in [3.63, 3.8) is 0 Å². The maximum Gasteiger partial charge on any atom is 0.268 e. The molecule has 8 heteroatoms. The average molecular weight is 304 g/mol. The predicted molar refractivity (Wildman–Crippen MR) is 78.9 cm³/mol. The van der Waals surface area contributed by atoms with Gasteiger partial charge < -0.3 is 9.88 Å². The monoisotopic (exact) mass is 304 g/mol. The Bertz CT molecular complexity index is 621. The third-order valence-electron chi connectivity index (χ3n) is 4.04. The second-order valence-corrected chi connectivity index (χ2v) is 5.73. The molecular weight excluding hydrogens is 284 g/mol. The van der Waals surface area contributed by atoms with Gasteiger partial charge in [-0.3, -0.25) is 9.59 Å². The minimum absolute atomic E-state index is 0.160. The molecule has 0 radical (unpaired) electrons. The van der Waals surface area contributed by atoms with Crippen molar-refractivity contribution in [1.29, 1.82) is 0 Å². The Hall–Kier alpha value is -2.25. The highest BCUT2D eigenvalue weighted by molar-refractivity contribution is 6.39. The molecule has 1 atom stereocenters. The molecule has 0 aromatic carbocycles. The Balaban J connectivity index is 1.69. The molecule has 1 unspecified atom stereocenters. The molecule has 1 aromatic rings. The lowest BCUT2D eigenvalue weighted by molar-refractivity contribution is -0.121. The van der Waals surface area contributed by atoms with Gasteiger partial charge in [-0.05, 0) is 19.8 Å². The molecule has 8 nitrogen and oxygen atoms in total. The van der Waals surface area contributed by atoms with Gasteiger partial charge in [-0.2, -0.15) is 5.10 Å². The number of carbonyl (C=O) groups excluding carboxylic acids is 2. The van der Waals surface area contributed by atoms with Crippen LogP contribution in [-0.2, 0) is 22.6 Å². The highest BCUT2D eigenvalue weighted by Gasteiger charge is 2.24. The number of aromatic nitrogens is 3. The number of hydrogen-bond acceptors (Lipinski definition) is 5. The Morgan fingerprint density at radius 2 is 2.09 bits per heavy atom. The standard InChI is InChI=1S/C14H20N6O2/c1-9(15-14(22)10-6-7-12(21)18-16-10)13-19-17-11-5-3-2-4-8-20(11)13/h9H,2-8H2,1H3,(H,15,22)(H,18,21). The van der Waals surface area contributed by atoms with Crippen molar-refractivity contribution >= 4 is 17.5 Å². The van der Waals surface area contributed by atoms with Gasteiger partial charge in [-0.15, -0.1) is 10.2 Å². The summed E-state index contributed by atoms with van der Waals surface area (Å²) in [5.74, 6) is 1.35. The van der Waals surface area contributed by atoms with Crippen molar-refractivity contribution in [3.05, 3.63) is 11.6 Å². The van der Waals surface area contributed by atoms with Gasteiger partial charge >= 0.3 is 0 Å². The molecule has 0 bridgehead atoms. The van der Waals surface area contributed by atoms with Gasteiger partial charge in [-0.1, -0.05) is 6.42 Å². The van der Waals surface area contributed by atoms with E-state index in [1.165, 1.54) is 6.42 Å². The summed E-state index contributed by atoms with van der Waals surface area (Å²) in [5.41, 5.74) is 2.68. The van der Waals surface area contributed by atoms with Crippen LogP contribution in [0.2, 0.25) is 0 Å². The van der Waals surface area contributed by atoms with E-state index in [4.69, 9.17) is 0 Å². The van der Waals surface area contributed by atoms with E-state index in [9.17, 15) is 9.59 Å². The Morgan fingerprint density at radius 1 is 1.23 bits per heavy atom. The molecular formula is C14H20N6O2. The van der Waals surface area contributed by atoms with Gasteiger partial charge in [0.2, 0.25) is 5.91 Å². The first-order valence-electron chi connectivity index (χ1n) is 7.73. The second kappa shape index (κ2) is 6.25. The first-order chi connectivity index (χ1) is 10.6. The highest BCUT2D eigenvalue weighted by atomic mass is 16.2. The van der Waals surface area contributed by atoms with Gasteiger partial charge in [-0.25, -0.2) is 5.43 Å². The molecule has 2 amide bonds. The van der Waals surface area contributed by atoms with Crippen molar-refractivity contribution in [3.8, 4) is 0 Å². The summed E-state index contributed by atoms with van der Waals surface area (Å²) in [5, 5.41) is 15.2. The first kappa shape index (κ1) is 14.7. The second-order valence-electron chi connectivity index (χ2n) is 5.73. The smallest absolute Gasteiger partial charge is 0.268 e. The zero-order chi connectivity index (χ0) is 15.5. The summed E-state index contributed by atoms with van der Waals surface area (Å²) in [6.07, 6.45) is 5.03. The molecule has 0 saturated carbocycles. The van der Waals surface area contributed by atoms with Gasteiger partial charge in [0.25, 0.3) is 5.91 Å². The molecule has 118 valence electrons. The normalized spacial score (nSPS) is 19.5. The largest absolute Gasteiger partial charge is 0.341 e. The molecule has 0 saturated heterocycles. The fraction of sp³-hybridized carbons (Fsp3) is 0.643. The number of fused-ring (bicyclic) bond motifs is 1. The van der Waals surface area contributed by atoms with Crippen molar-refractivity contribution in [1.82, 2.24) is 25.5 Å². The summed E-state index contributed by atoms with van der Waals surface area (Å²) in [6, 6.07) is -0.243. The molecule has 3 heterocycles. The number of carbonyl (C=O) groups is 2. The van der Waals surface area contributed by atoms with E-state index in [0.29, 0.717) is 18.6 Å². The fourth-order valence-electron chi connectivity index (χ4n) is 2.81. The third-order valence-corrected chi connectivity index (χ3v) is 4.04. The molecule has 3 rings (SSSR count).